The molecule has 496 valence electrons. The average Bonchev–Trinajstić information content (AvgIpc) is 3.51. The Morgan fingerprint density at radius 1 is 0.333 bits per heavy atom. The lowest BCUT2D eigenvalue weighted by atomic mass is 10.0. The van der Waals surface area contributed by atoms with Gasteiger partial charge in [-0.25, -0.2) is 0 Å². The van der Waals surface area contributed by atoms with Crippen molar-refractivity contribution in [2.24, 2.45) is 0 Å². The fraction of sp³-hybridized carbons (Fsp3) is 0.897. The summed E-state index contributed by atoms with van der Waals surface area (Å²) in [5.74, 6) is -0.0536. The Labute approximate surface area is 525 Å². The second-order valence-corrected chi connectivity index (χ2v) is 26.3. The van der Waals surface area contributed by atoms with Crippen LogP contribution in [0, 0.1) is 0 Å². The van der Waals surface area contributed by atoms with Crippen LogP contribution in [0.3, 0.4) is 0 Å². The van der Waals surface area contributed by atoms with Crippen molar-refractivity contribution in [3.63, 3.8) is 0 Å². The molecule has 0 aliphatic carbocycles. The Bertz CT molecular complexity index is 1360. The molecule has 0 aliphatic heterocycles. The van der Waals surface area contributed by atoms with Crippen LogP contribution in [0.5, 0.6) is 0 Å². The Kier molecular flexibility index (Phi) is 71.9. The summed E-state index contributed by atoms with van der Waals surface area (Å²) in [4.78, 5) is 24.7. The summed E-state index contributed by atoms with van der Waals surface area (Å²) in [5, 5.41) is 23.3. The van der Waals surface area contributed by atoms with Gasteiger partial charge < -0.3 is 20.3 Å². The van der Waals surface area contributed by atoms with Gasteiger partial charge in [0.1, 0.15) is 0 Å². The first-order chi connectivity index (χ1) is 41.5. The van der Waals surface area contributed by atoms with Crippen molar-refractivity contribution in [2.75, 3.05) is 13.2 Å². The first-order valence-corrected chi connectivity index (χ1v) is 38.3. The van der Waals surface area contributed by atoms with Crippen LogP contribution in [0.15, 0.2) is 36.5 Å². The minimum Gasteiger partial charge on any atom is -0.466 e. The number of unbranched alkanes of at least 4 members (excludes halogenated alkanes) is 57. The van der Waals surface area contributed by atoms with Gasteiger partial charge in [0.2, 0.25) is 5.91 Å². The molecule has 0 spiro atoms. The normalized spacial score (nSPS) is 12.7. The number of hydrogen-bond acceptors (Lipinski definition) is 5. The van der Waals surface area contributed by atoms with E-state index in [1.54, 1.807) is 6.08 Å². The van der Waals surface area contributed by atoms with Crippen molar-refractivity contribution in [3.05, 3.63) is 36.5 Å². The number of aliphatic hydroxyl groups is 2. The van der Waals surface area contributed by atoms with Crippen LogP contribution in [0.2, 0.25) is 0 Å². The highest BCUT2D eigenvalue weighted by molar-refractivity contribution is 5.76. The second kappa shape index (κ2) is 73.5. The molecule has 0 heterocycles. The van der Waals surface area contributed by atoms with Gasteiger partial charge in [-0.05, 0) is 64.2 Å². The predicted molar refractivity (Wildman–Crippen MR) is 370 cm³/mol. The molecule has 6 heteroatoms. The van der Waals surface area contributed by atoms with Gasteiger partial charge in [-0.2, -0.15) is 0 Å². The van der Waals surface area contributed by atoms with Crippen molar-refractivity contribution < 1.29 is 24.5 Å². The lowest BCUT2D eigenvalue weighted by molar-refractivity contribution is -0.143. The summed E-state index contributed by atoms with van der Waals surface area (Å²) < 4.78 is 5.51. The summed E-state index contributed by atoms with van der Waals surface area (Å²) in [7, 11) is 0. The molecule has 0 aromatic carbocycles. The zero-order valence-corrected chi connectivity index (χ0v) is 56.9. The Morgan fingerprint density at radius 3 is 0.917 bits per heavy atom. The molecule has 2 atom stereocenters. The van der Waals surface area contributed by atoms with Crippen LogP contribution in [-0.4, -0.2) is 47.4 Å². The summed E-state index contributed by atoms with van der Waals surface area (Å²) in [6, 6.07) is -0.629. The van der Waals surface area contributed by atoms with Gasteiger partial charge in [0.05, 0.1) is 25.4 Å². The number of carbonyl (C=O) groups excluding carboxylic acids is 2. The lowest BCUT2D eigenvalue weighted by Crippen LogP contribution is -2.45. The molecule has 0 aliphatic rings. The number of esters is 1. The van der Waals surface area contributed by atoms with E-state index in [1.165, 1.54) is 347 Å². The number of carbonyl (C=O) groups is 2. The SMILES string of the molecule is CCCCCC/C=C\C/C=C\CCCCCCCCCC(=O)OCCCCCCCCCCCCCCCCCCCCCCCCCCC(=O)NC(CO)C(O)/C=C/CCCCCCCCCCCCCCCCCCCCCCCCC. The third-order valence-corrected chi connectivity index (χ3v) is 17.9. The van der Waals surface area contributed by atoms with Crippen LogP contribution in [0.1, 0.15) is 425 Å². The van der Waals surface area contributed by atoms with E-state index in [-0.39, 0.29) is 18.5 Å². The molecule has 1 amide bonds. The van der Waals surface area contributed by atoms with E-state index in [1.807, 2.05) is 6.08 Å². The Balaban J connectivity index is 3.39. The monoisotopic (exact) mass is 1180 g/mol. The number of amides is 1. The highest BCUT2D eigenvalue weighted by Crippen LogP contribution is 2.19. The van der Waals surface area contributed by atoms with E-state index in [0.717, 1.165) is 51.4 Å². The number of rotatable bonds is 72. The van der Waals surface area contributed by atoms with Gasteiger partial charge in [0, 0.05) is 12.8 Å². The molecule has 84 heavy (non-hydrogen) atoms. The fourth-order valence-electron chi connectivity index (χ4n) is 12.1. The number of nitrogens with one attached hydrogen (secondary N) is 1. The standard InChI is InChI=1S/C78H149NO5/c1-3-5-7-9-11-13-15-17-19-21-23-24-25-26-29-32-35-38-42-46-50-54-58-62-66-70-76(81)75(74-80)79-77(82)71-67-63-59-55-51-47-43-39-36-33-30-27-28-31-34-37-41-45-49-53-57-61-65-69-73-84-78(83)72-68-64-60-56-52-48-44-40-22-20-18-16-14-12-10-8-6-4-2/h14,16,20,22,66,70,75-76,80-81H,3-13,15,17-19,21,23-65,67-69,71-74H2,1-2H3,(H,79,82)/b16-14-,22-20-,70-66+. The van der Waals surface area contributed by atoms with E-state index < -0.39 is 12.1 Å². The van der Waals surface area contributed by atoms with E-state index >= 15 is 0 Å². The van der Waals surface area contributed by atoms with E-state index in [9.17, 15) is 19.8 Å². The molecule has 0 radical (unpaired) electrons. The van der Waals surface area contributed by atoms with Crippen LogP contribution in [0.25, 0.3) is 0 Å². The van der Waals surface area contributed by atoms with Gasteiger partial charge in [0.25, 0.3) is 0 Å². The summed E-state index contributed by atoms with van der Waals surface area (Å²) in [6.07, 6.45) is 95.3. The third kappa shape index (κ3) is 69.2. The quantitative estimate of drug-likeness (QED) is 0.0320. The minimum absolute atomic E-state index is 0.00852. The van der Waals surface area contributed by atoms with E-state index in [2.05, 4.69) is 43.5 Å². The molecule has 3 N–H and O–H groups in total. The van der Waals surface area contributed by atoms with Gasteiger partial charge in [-0.3, -0.25) is 9.59 Å². The van der Waals surface area contributed by atoms with Gasteiger partial charge in [0.15, 0.2) is 0 Å². The van der Waals surface area contributed by atoms with Gasteiger partial charge in [-0.1, -0.05) is 384 Å². The molecular weight excluding hydrogens is 1030 g/mol. The maximum Gasteiger partial charge on any atom is 0.305 e. The highest BCUT2D eigenvalue weighted by Gasteiger charge is 2.18. The maximum atomic E-state index is 12.6. The van der Waals surface area contributed by atoms with Crippen LogP contribution in [0.4, 0.5) is 0 Å². The first-order valence-electron chi connectivity index (χ1n) is 38.3. The zero-order chi connectivity index (χ0) is 60.6. The fourth-order valence-corrected chi connectivity index (χ4v) is 12.1. The Hall–Kier alpha value is -1.92. The molecule has 0 saturated carbocycles. The molecule has 0 aromatic heterocycles. The lowest BCUT2D eigenvalue weighted by Gasteiger charge is -2.20. The van der Waals surface area contributed by atoms with Gasteiger partial charge in [-0.15, -0.1) is 0 Å². The second-order valence-electron chi connectivity index (χ2n) is 26.3. The molecule has 0 saturated heterocycles. The van der Waals surface area contributed by atoms with Crippen molar-refractivity contribution in [3.8, 4) is 0 Å². The Morgan fingerprint density at radius 2 is 0.595 bits per heavy atom. The van der Waals surface area contributed by atoms with E-state index in [4.69, 9.17) is 4.74 Å². The molecule has 6 nitrogen and oxygen atoms in total. The largest absolute Gasteiger partial charge is 0.466 e. The number of hydrogen-bond donors (Lipinski definition) is 3. The molecule has 0 aromatic rings. The molecule has 0 fully saturated rings. The molecule has 0 rings (SSSR count). The van der Waals surface area contributed by atoms with Crippen LogP contribution < -0.4 is 5.32 Å². The third-order valence-electron chi connectivity index (χ3n) is 17.9. The molecule has 0 bridgehead atoms. The van der Waals surface area contributed by atoms with Crippen LogP contribution >= 0.6 is 0 Å². The summed E-state index contributed by atoms with van der Waals surface area (Å²) in [5.41, 5.74) is 0. The number of allylic oxidation sites excluding steroid dienone is 5. The smallest absolute Gasteiger partial charge is 0.305 e. The summed E-state index contributed by atoms with van der Waals surface area (Å²) >= 11 is 0. The number of ether oxygens (including phenoxy) is 1. The summed E-state index contributed by atoms with van der Waals surface area (Å²) in [6.45, 7) is 4.93. The highest BCUT2D eigenvalue weighted by atomic mass is 16.5. The van der Waals surface area contributed by atoms with E-state index in [0.29, 0.717) is 19.4 Å². The minimum atomic E-state index is -0.846. The van der Waals surface area contributed by atoms with Gasteiger partial charge >= 0.3 is 5.97 Å². The van der Waals surface area contributed by atoms with Crippen molar-refractivity contribution >= 4 is 11.9 Å². The molecule has 2 unspecified atom stereocenters. The van der Waals surface area contributed by atoms with Crippen molar-refractivity contribution in [1.82, 2.24) is 5.32 Å². The molecular formula is C78H149NO5. The first kappa shape index (κ1) is 82.1. The topological polar surface area (TPSA) is 95.9 Å². The number of aliphatic hydroxyl groups excluding tert-OH is 2. The van der Waals surface area contributed by atoms with Crippen molar-refractivity contribution in [2.45, 2.75) is 437 Å². The van der Waals surface area contributed by atoms with Crippen molar-refractivity contribution in [1.29, 1.82) is 0 Å². The average molecular weight is 1180 g/mol. The zero-order valence-electron chi connectivity index (χ0n) is 56.9. The van der Waals surface area contributed by atoms with Crippen LogP contribution in [-0.2, 0) is 14.3 Å². The maximum absolute atomic E-state index is 12.6. The predicted octanol–water partition coefficient (Wildman–Crippen LogP) is 25.0.